The van der Waals surface area contributed by atoms with Crippen molar-refractivity contribution in [3.8, 4) is 5.75 Å². The van der Waals surface area contributed by atoms with Crippen molar-refractivity contribution in [1.29, 1.82) is 0 Å². The zero-order valence-corrected chi connectivity index (χ0v) is 15.2. The lowest BCUT2D eigenvalue weighted by molar-refractivity contribution is -0.194. The van der Waals surface area contributed by atoms with Crippen molar-refractivity contribution in [1.82, 2.24) is 9.97 Å². The fourth-order valence-corrected chi connectivity index (χ4v) is 3.27. The van der Waals surface area contributed by atoms with E-state index in [0.29, 0.717) is 6.61 Å². The van der Waals surface area contributed by atoms with E-state index in [9.17, 15) is 0 Å². The Kier molecular flexibility index (Phi) is 4.89. The van der Waals surface area contributed by atoms with Gasteiger partial charge in [0.1, 0.15) is 12.4 Å². The van der Waals surface area contributed by atoms with Crippen LogP contribution in [-0.2, 0) is 24.3 Å². The zero-order chi connectivity index (χ0) is 18.6. The second-order valence-electron chi connectivity index (χ2n) is 6.62. The molecular formula is C21H22N4O2. The highest BCUT2D eigenvalue weighted by atomic mass is 17.2. The predicted molar refractivity (Wildman–Crippen MR) is 104 cm³/mol. The summed E-state index contributed by atoms with van der Waals surface area (Å²) in [6, 6.07) is 16.4. The Labute approximate surface area is 158 Å². The molecule has 1 aliphatic heterocycles. The molecule has 3 N–H and O–H groups in total. The molecule has 0 amide bonds. The third-order valence-corrected chi connectivity index (χ3v) is 4.78. The Morgan fingerprint density at radius 3 is 2.74 bits per heavy atom. The van der Waals surface area contributed by atoms with Gasteiger partial charge in [-0.1, -0.05) is 42.5 Å². The summed E-state index contributed by atoms with van der Waals surface area (Å²) in [6.45, 7) is 2.59. The molecule has 0 bridgehead atoms. The standard InChI is InChI=1S/C21H22N4O2/c1-14(15-6-3-2-4-7-15)24-20-17(12-23-21(22)25-20)11-10-16-8-5-9-19-18(16)13-26-27-19/h2-9,12,14H,10-11,13H2,1H3,(H3,22,23,24,25). The van der Waals surface area contributed by atoms with Crippen molar-refractivity contribution in [3.05, 3.63) is 77.0 Å². The lowest BCUT2D eigenvalue weighted by atomic mass is 10.00. The summed E-state index contributed by atoms with van der Waals surface area (Å²) < 4.78 is 0. The number of benzene rings is 2. The number of aromatic nitrogens is 2. The van der Waals surface area contributed by atoms with Crippen molar-refractivity contribution in [2.24, 2.45) is 0 Å². The van der Waals surface area contributed by atoms with Crippen LogP contribution in [0.25, 0.3) is 0 Å². The fourth-order valence-electron chi connectivity index (χ4n) is 3.27. The van der Waals surface area contributed by atoms with Gasteiger partial charge in [0.05, 0.1) is 0 Å². The molecule has 138 valence electrons. The van der Waals surface area contributed by atoms with Crippen LogP contribution in [0.1, 0.15) is 35.2 Å². The molecule has 0 radical (unpaired) electrons. The zero-order valence-electron chi connectivity index (χ0n) is 15.2. The predicted octanol–water partition coefficient (Wildman–Crippen LogP) is 3.84. The number of nitrogen functional groups attached to an aromatic ring is 1. The topological polar surface area (TPSA) is 82.3 Å². The first kappa shape index (κ1) is 17.3. The minimum atomic E-state index is 0.113. The quantitative estimate of drug-likeness (QED) is 0.648. The van der Waals surface area contributed by atoms with Gasteiger partial charge in [-0.25, -0.2) is 4.98 Å². The Bertz CT molecular complexity index is 931. The molecule has 0 fully saturated rings. The molecule has 6 nitrogen and oxygen atoms in total. The number of hydrogen-bond acceptors (Lipinski definition) is 6. The van der Waals surface area contributed by atoms with Crippen LogP contribution < -0.4 is 15.9 Å². The SMILES string of the molecule is CC(Nc1nc(N)ncc1CCc1cccc2c1COO2)c1ccccc1. The van der Waals surface area contributed by atoms with E-state index in [-0.39, 0.29) is 12.0 Å². The maximum atomic E-state index is 5.83. The lowest BCUT2D eigenvalue weighted by Crippen LogP contribution is -2.12. The van der Waals surface area contributed by atoms with Gasteiger partial charge in [0.25, 0.3) is 0 Å². The van der Waals surface area contributed by atoms with Crippen LogP contribution in [0.3, 0.4) is 0 Å². The summed E-state index contributed by atoms with van der Waals surface area (Å²) in [5.74, 6) is 1.85. The number of nitrogens with two attached hydrogens (primary N) is 1. The lowest BCUT2D eigenvalue weighted by Gasteiger charge is -2.18. The average molecular weight is 362 g/mol. The summed E-state index contributed by atoms with van der Waals surface area (Å²) >= 11 is 0. The second kappa shape index (κ2) is 7.63. The number of aryl methyl sites for hydroxylation is 2. The number of nitrogens with zero attached hydrogens (tertiary/aromatic N) is 2. The first-order valence-corrected chi connectivity index (χ1v) is 9.04. The van der Waals surface area contributed by atoms with Gasteiger partial charge in [-0.15, -0.1) is 0 Å². The maximum absolute atomic E-state index is 5.83. The van der Waals surface area contributed by atoms with Crippen LogP contribution in [0, 0.1) is 0 Å². The molecule has 27 heavy (non-hydrogen) atoms. The van der Waals surface area contributed by atoms with Gasteiger partial charge in [0, 0.05) is 23.4 Å². The molecule has 3 aromatic rings. The van der Waals surface area contributed by atoms with Crippen molar-refractivity contribution in [3.63, 3.8) is 0 Å². The van der Waals surface area contributed by atoms with E-state index in [1.165, 1.54) is 11.1 Å². The Hall–Kier alpha value is -3.12. The van der Waals surface area contributed by atoms with Gasteiger partial charge >= 0.3 is 0 Å². The van der Waals surface area contributed by atoms with Gasteiger partial charge < -0.3 is 15.9 Å². The van der Waals surface area contributed by atoms with Crippen LogP contribution in [0.15, 0.2) is 54.7 Å². The minimum absolute atomic E-state index is 0.113. The molecule has 0 spiro atoms. The third kappa shape index (κ3) is 3.85. The molecule has 1 unspecified atom stereocenters. The maximum Gasteiger partial charge on any atom is 0.221 e. The number of fused-ring (bicyclic) bond motifs is 1. The molecule has 0 aliphatic carbocycles. The Morgan fingerprint density at radius 1 is 1.07 bits per heavy atom. The van der Waals surface area contributed by atoms with Gasteiger partial charge in [-0.2, -0.15) is 9.87 Å². The molecule has 1 aromatic heterocycles. The molecule has 1 atom stereocenters. The van der Waals surface area contributed by atoms with Crippen LogP contribution in [-0.4, -0.2) is 9.97 Å². The third-order valence-electron chi connectivity index (χ3n) is 4.78. The van der Waals surface area contributed by atoms with E-state index >= 15 is 0 Å². The van der Waals surface area contributed by atoms with Crippen LogP contribution in [0.4, 0.5) is 11.8 Å². The summed E-state index contributed by atoms with van der Waals surface area (Å²) in [5, 5.41) is 3.48. The number of hydrogen-bond donors (Lipinski definition) is 2. The van der Waals surface area contributed by atoms with Gasteiger partial charge in [-0.05, 0) is 37.0 Å². The first-order chi connectivity index (χ1) is 13.2. The smallest absolute Gasteiger partial charge is 0.221 e. The number of nitrogens with one attached hydrogen (secondary N) is 1. The fraction of sp³-hybridized carbons (Fsp3) is 0.238. The van der Waals surface area contributed by atoms with Crippen molar-refractivity contribution in [2.75, 3.05) is 11.1 Å². The van der Waals surface area contributed by atoms with Crippen LogP contribution in [0.2, 0.25) is 0 Å². The molecule has 0 saturated carbocycles. The molecule has 1 aliphatic rings. The van der Waals surface area contributed by atoms with E-state index in [1.54, 1.807) is 6.20 Å². The van der Waals surface area contributed by atoms with Crippen molar-refractivity contribution < 1.29 is 9.78 Å². The average Bonchev–Trinajstić information content (AvgIpc) is 3.17. The van der Waals surface area contributed by atoms with E-state index in [4.69, 9.17) is 15.5 Å². The molecule has 0 saturated heterocycles. The highest BCUT2D eigenvalue weighted by Crippen LogP contribution is 2.30. The Morgan fingerprint density at radius 2 is 1.89 bits per heavy atom. The molecule has 2 aromatic carbocycles. The van der Waals surface area contributed by atoms with Crippen LogP contribution in [0.5, 0.6) is 5.75 Å². The number of rotatable bonds is 6. The normalized spacial score (nSPS) is 13.7. The van der Waals surface area contributed by atoms with E-state index in [0.717, 1.165) is 35.5 Å². The monoisotopic (exact) mass is 362 g/mol. The second-order valence-corrected chi connectivity index (χ2v) is 6.62. The summed E-state index contributed by atoms with van der Waals surface area (Å²) in [5.41, 5.74) is 10.4. The van der Waals surface area contributed by atoms with Crippen molar-refractivity contribution in [2.45, 2.75) is 32.4 Å². The molecule has 6 heteroatoms. The van der Waals surface area contributed by atoms with Gasteiger partial charge in [0.15, 0.2) is 5.75 Å². The molecule has 2 heterocycles. The van der Waals surface area contributed by atoms with E-state index in [1.807, 2.05) is 30.3 Å². The Balaban J connectivity index is 1.52. The molecule has 4 rings (SSSR count). The highest BCUT2D eigenvalue weighted by molar-refractivity contribution is 5.49. The van der Waals surface area contributed by atoms with Gasteiger partial charge in [0.2, 0.25) is 5.95 Å². The highest BCUT2D eigenvalue weighted by Gasteiger charge is 2.18. The van der Waals surface area contributed by atoms with Gasteiger partial charge in [-0.3, -0.25) is 0 Å². The largest absolute Gasteiger partial charge is 0.368 e. The summed E-state index contributed by atoms with van der Waals surface area (Å²) in [6.07, 6.45) is 3.44. The number of anilines is 2. The first-order valence-electron chi connectivity index (χ1n) is 9.04. The summed E-state index contributed by atoms with van der Waals surface area (Å²) in [7, 11) is 0. The van der Waals surface area contributed by atoms with Crippen molar-refractivity contribution >= 4 is 11.8 Å². The molecular weight excluding hydrogens is 340 g/mol. The minimum Gasteiger partial charge on any atom is -0.368 e. The van der Waals surface area contributed by atoms with E-state index < -0.39 is 0 Å². The summed E-state index contributed by atoms with van der Waals surface area (Å²) in [4.78, 5) is 18.9. The van der Waals surface area contributed by atoms with E-state index in [2.05, 4.69) is 40.4 Å². The van der Waals surface area contributed by atoms with Crippen LogP contribution >= 0.6 is 0 Å².